The number of ether oxygens (including phenoxy) is 1. The van der Waals surface area contributed by atoms with Crippen LogP contribution in [0.1, 0.15) is 36.3 Å². The average molecular weight is 288 g/mol. The van der Waals surface area contributed by atoms with Crippen molar-refractivity contribution in [1.82, 2.24) is 4.37 Å². The van der Waals surface area contributed by atoms with Gasteiger partial charge in [0, 0.05) is 11.8 Å². The van der Waals surface area contributed by atoms with Gasteiger partial charge in [-0.2, -0.15) is 16.1 Å². The van der Waals surface area contributed by atoms with Gasteiger partial charge >= 0.3 is 5.97 Å². The van der Waals surface area contributed by atoms with Gasteiger partial charge in [0.15, 0.2) is 0 Å². The molecule has 1 aromatic rings. The SMILES string of the molecule is CCOC(=O)c1c(C)nsc1NC(CC)CSC. The van der Waals surface area contributed by atoms with Crippen LogP contribution >= 0.6 is 23.3 Å². The number of thioether (sulfide) groups is 1. The molecule has 18 heavy (non-hydrogen) atoms. The summed E-state index contributed by atoms with van der Waals surface area (Å²) in [5, 5.41) is 4.22. The number of aryl methyl sites for hydroxylation is 1. The molecule has 1 atom stereocenters. The van der Waals surface area contributed by atoms with Crippen LogP contribution in [0.5, 0.6) is 0 Å². The lowest BCUT2D eigenvalue weighted by Crippen LogP contribution is -2.22. The van der Waals surface area contributed by atoms with Gasteiger partial charge in [-0.15, -0.1) is 0 Å². The van der Waals surface area contributed by atoms with E-state index < -0.39 is 0 Å². The molecule has 4 nitrogen and oxygen atoms in total. The smallest absolute Gasteiger partial charge is 0.343 e. The third-order valence-electron chi connectivity index (χ3n) is 2.54. The Morgan fingerprint density at radius 1 is 1.56 bits per heavy atom. The van der Waals surface area contributed by atoms with Crippen molar-refractivity contribution < 1.29 is 9.53 Å². The number of rotatable bonds is 7. The van der Waals surface area contributed by atoms with E-state index in [2.05, 4.69) is 22.9 Å². The molecule has 1 rings (SSSR count). The van der Waals surface area contributed by atoms with Gasteiger partial charge in [0.1, 0.15) is 10.6 Å². The highest BCUT2D eigenvalue weighted by molar-refractivity contribution is 7.98. The fourth-order valence-electron chi connectivity index (χ4n) is 1.56. The topological polar surface area (TPSA) is 51.2 Å². The quantitative estimate of drug-likeness (QED) is 0.781. The molecule has 0 aliphatic rings. The van der Waals surface area contributed by atoms with Crippen molar-refractivity contribution in [1.29, 1.82) is 0 Å². The Morgan fingerprint density at radius 2 is 2.28 bits per heavy atom. The van der Waals surface area contributed by atoms with E-state index in [1.807, 2.05) is 13.8 Å². The van der Waals surface area contributed by atoms with Crippen molar-refractivity contribution in [2.24, 2.45) is 0 Å². The fraction of sp³-hybridized carbons (Fsp3) is 0.667. The minimum atomic E-state index is -0.287. The molecule has 6 heteroatoms. The molecule has 0 saturated carbocycles. The lowest BCUT2D eigenvalue weighted by Gasteiger charge is -2.16. The first-order chi connectivity index (χ1) is 8.63. The van der Waals surface area contributed by atoms with Gasteiger partial charge < -0.3 is 10.1 Å². The standard InChI is InChI=1S/C12H20N2O2S2/c1-5-9(7-17-4)13-11-10(8(3)14-18-11)12(15)16-6-2/h9,13H,5-7H2,1-4H3. The van der Waals surface area contributed by atoms with Crippen molar-refractivity contribution in [3.8, 4) is 0 Å². The Kier molecular flexibility index (Phi) is 6.49. The average Bonchev–Trinajstić information content (AvgIpc) is 2.70. The predicted molar refractivity (Wildman–Crippen MR) is 78.9 cm³/mol. The predicted octanol–water partition coefficient (Wildman–Crippen LogP) is 3.18. The Morgan fingerprint density at radius 3 is 2.83 bits per heavy atom. The van der Waals surface area contributed by atoms with Crippen molar-refractivity contribution in [2.45, 2.75) is 33.2 Å². The summed E-state index contributed by atoms with van der Waals surface area (Å²) < 4.78 is 9.30. The second-order valence-corrected chi connectivity index (χ2v) is 5.58. The number of aromatic nitrogens is 1. The van der Waals surface area contributed by atoms with E-state index in [9.17, 15) is 4.79 Å². The first-order valence-corrected chi connectivity index (χ1v) is 8.19. The number of nitrogens with one attached hydrogen (secondary N) is 1. The Labute approximate surface area is 117 Å². The van der Waals surface area contributed by atoms with Crippen molar-refractivity contribution in [3.05, 3.63) is 11.3 Å². The molecule has 0 aromatic carbocycles. The summed E-state index contributed by atoms with van der Waals surface area (Å²) in [6.07, 6.45) is 3.09. The number of carbonyl (C=O) groups is 1. The number of anilines is 1. The Bertz CT molecular complexity index is 393. The summed E-state index contributed by atoms with van der Waals surface area (Å²) >= 11 is 3.12. The molecule has 1 N–H and O–H groups in total. The van der Waals surface area contributed by atoms with Crippen LogP contribution in [0.2, 0.25) is 0 Å². The summed E-state index contributed by atoms with van der Waals surface area (Å²) in [7, 11) is 0. The number of esters is 1. The monoisotopic (exact) mass is 288 g/mol. The van der Waals surface area contributed by atoms with E-state index in [0.29, 0.717) is 18.2 Å². The van der Waals surface area contributed by atoms with E-state index >= 15 is 0 Å². The van der Waals surface area contributed by atoms with Crippen LogP contribution in [0.3, 0.4) is 0 Å². The second kappa shape index (κ2) is 7.63. The zero-order valence-corrected chi connectivity index (χ0v) is 12.9. The third-order valence-corrected chi connectivity index (χ3v) is 4.14. The third kappa shape index (κ3) is 3.88. The molecule has 0 radical (unpaired) electrons. The number of nitrogens with zero attached hydrogens (tertiary/aromatic N) is 1. The molecule has 0 bridgehead atoms. The maximum Gasteiger partial charge on any atom is 0.343 e. The first kappa shape index (κ1) is 15.3. The van der Waals surface area contributed by atoms with Crippen molar-refractivity contribution in [2.75, 3.05) is 23.9 Å². The van der Waals surface area contributed by atoms with Crippen LogP contribution in [0.4, 0.5) is 5.00 Å². The maximum absolute atomic E-state index is 11.9. The maximum atomic E-state index is 11.9. The largest absolute Gasteiger partial charge is 0.462 e. The zero-order valence-electron chi connectivity index (χ0n) is 11.3. The number of carbonyl (C=O) groups excluding carboxylic acids is 1. The molecule has 0 aliphatic heterocycles. The molecule has 1 heterocycles. The summed E-state index contributed by atoms with van der Waals surface area (Å²) in [4.78, 5) is 11.9. The molecule has 0 aliphatic carbocycles. The highest BCUT2D eigenvalue weighted by atomic mass is 32.2. The van der Waals surface area contributed by atoms with E-state index in [4.69, 9.17) is 4.74 Å². The summed E-state index contributed by atoms with van der Waals surface area (Å²) in [5.74, 6) is 0.723. The highest BCUT2D eigenvalue weighted by Gasteiger charge is 2.21. The van der Waals surface area contributed by atoms with Gasteiger partial charge in [-0.3, -0.25) is 0 Å². The minimum Gasteiger partial charge on any atom is -0.462 e. The molecular formula is C12H20N2O2S2. The van der Waals surface area contributed by atoms with E-state index in [1.165, 1.54) is 11.5 Å². The van der Waals surface area contributed by atoms with E-state index in [1.54, 1.807) is 11.8 Å². The molecule has 0 amide bonds. The zero-order chi connectivity index (χ0) is 13.5. The lowest BCUT2D eigenvalue weighted by molar-refractivity contribution is 0.0527. The van der Waals surface area contributed by atoms with Crippen molar-refractivity contribution in [3.63, 3.8) is 0 Å². The lowest BCUT2D eigenvalue weighted by atomic mass is 10.2. The summed E-state index contributed by atoms with van der Waals surface area (Å²) in [5.41, 5.74) is 1.32. The highest BCUT2D eigenvalue weighted by Crippen LogP contribution is 2.26. The van der Waals surface area contributed by atoms with Crippen LogP contribution in [0.25, 0.3) is 0 Å². The first-order valence-electron chi connectivity index (χ1n) is 6.02. The van der Waals surface area contributed by atoms with Gasteiger partial charge in [0.25, 0.3) is 0 Å². The van der Waals surface area contributed by atoms with Crippen LogP contribution in [0, 0.1) is 6.92 Å². The summed E-state index contributed by atoms with van der Waals surface area (Å²) in [6, 6.07) is 0.355. The normalized spacial score (nSPS) is 12.2. The van der Waals surface area contributed by atoms with Crippen LogP contribution in [-0.4, -0.2) is 35.0 Å². The molecular weight excluding hydrogens is 268 g/mol. The Hall–Kier alpha value is -0.750. The van der Waals surface area contributed by atoms with Crippen molar-refractivity contribution >= 4 is 34.3 Å². The van der Waals surface area contributed by atoms with Gasteiger partial charge in [-0.05, 0) is 38.1 Å². The Balaban J connectivity index is 2.85. The number of hydrogen-bond acceptors (Lipinski definition) is 6. The second-order valence-electron chi connectivity index (χ2n) is 3.90. The van der Waals surface area contributed by atoms with Crippen LogP contribution < -0.4 is 5.32 Å². The molecule has 1 aromatic heterocycles. The molecule has 102 valence electrons. The van der Waals surface area contributed by atoms with Crippen LogP contribution in [-0.2, 0) is 4.74 Å². The van der Waals surface area contributed by atoms with E-state index in [-0.39, 0.29) is 5.97 Å². The molecule has 0 spiro atoms. The van der Waals surface area contributed by atoms with Gasteiger partial charge in [-0.1, -0.05) is 6.92 Å². The summed E-state index contributed by atoms with van der Waals surface area (Å²) in [6.45, 7) is 6.16. The van der Waals surface area contributed by atoms with Gasteiger partial charge in [-0.25, -0.2) is 4.79 Å². The fourth-order valence-corrected chi connectivity index (χ4v) is 3.14. The minimum absolute atomic E-state index is 0.287. The molecule has 0 fully saturated rings. The van der Waals surface area contributed by atoms with Crippen LogP contribution in [0.15, 0.2) is 0 Å². The molecule has 1 unspecified atom stereocenters. The number of hydrogen-bond donors (Lipinski definition) is 1. The van der Waals surface area contributed by atoms with E-state index in [0.717, 1.165) is 22.9 Å². The van der Waals surface area contributed by atoms with Gasteiger partial charge in [0.2, 0.25) is 0 Å². The van der Waals surface area contributed by atoms with Gasteiger partial charge in [0.05, 0.1) is 12.3 Å². The molecule has 0 saturated heterocycles.